The number of carbonyl (C=O) groups is 2. The molecule has 6 heteroatoms. The molecule has 2 atom stereocenters. The van der Waals surface area contributed by atoms with Crippen molar-refractivity contribution in [1.82, 2.24) is 16.0 Å². The molecule has 0 saturated carbocycles. The molecule has 20 heavy (non-hydrogen) atoms. The first-order valence-electron chi connectivity index (χ1n) is 7.22. The van der Waals surface area contributed by atoms with Crippen LogP contribution in [0.25, 0.3) is 0 Å². The topological polar surface area (TPSA) is 79.5 Å². The summed E-state index contributed by atoms with van der Waals surface area (Å²) < 4.78 is 4.87. The van der Waals surface area contributed by atoms with Gasteiger partial charge in [-0.25, -0.2) is 0 Å². The van der Waals surface area contributed by atoms with Crippen molar-refractivity contribution >= 4 is 11.8 Å². The van der Waals surface area contributed by atoms with E-state index in [9.17, 15) is 9.59 Å². The van der Waals surface area contributed by atoms with Crippen LogP contribution in [0.3, 0.4) is 0 Å². The van der Waals surface area contributed by atoms with Crippen molar-refractivity contribution in [3.05, 3.63) is 0 Å². The molecule has 0 aliphatic carbocycles. The SMILES string of the molecule is COCCNC(=O)C(C)NC(=O)C1(C(C)C)CCNC1. The normalized spacial score (nSPS) is 23.6. The van der Waals surface area contributed by atoms with Gasteiger partial charge in [-0.1, -0.05) is 13.8 Å². The van der Waals surface area contributed by atoms with Gasteiger partial charge in [-0.05, 0) is 25.8 Å². The fraction of sp³-hybridized carbons (Fsp3) is 0.857. The van der Waals surface area contributed by atoms with Crippen LogP contribution in [0.5, 0.6) is 0 Å². The minimum absolute atomic E-state index is 0.0353. The lowest BCUT2D eigenvalue weighted by atomic mass is 9.75. The number of methoxy groups -OCH3 is 1. The Morgan fingerprint density at radius 2 is 2.05 bits per heavy atom. The molecule has 1 aliphatic rings. The van der Waals surface area contributed by atoms with Crippen LogP contribution in [0.15, 0.2) is 0 Å². The summed E-state index contributed by atoms with van der Waals surface area (Å²) in [6.45, 7) is 8.25. The minimum Gasteiger partial charge on any atom is -0.383 e. The van der Waals surface area contributed by atoms with Crippen LogP contribution < -0.4 is 16.0 Å². The zero-order chi connectivity index (χ0) is 15.2. The van der Waals surface area contributed by atoms with Crippen molar-refractivity contribution < 1.29 is 14.3 Å². The third-order valence-corrected chi connectivity index (χ3v) is 4.09. The van der Waals surface area contributed by atoms with E-state index in [1.54, 1.807) is 14.0 Å². The maximum atomic E-state index is 12.5. The monoisotopic (exact) mass is 285 g/mol. The molecule has 0 aromatic heterocycles. The number of nitrogens with one attached hydrogen (secondary N) is 3. The largest absolute Gasteiger partial charge is 0.383 e. The highest BCUT2D eigenvalue weighted by Gasteiger charge is 2.44. The summed E-state index contributed by atoms with van der Waals surface area (Å²) >= 11 is 0. The maximum absolute atomic E-state index is 12.5. The summed E-state index contributed by atoms with van der Waals surface area (Å²) in [5, 5.41) is 8.81. The van der Waals surface area contributed by atoms with Gasteiger partial charge in [0.05, 0.1) is 12.0 Å². The Morgan fingerprint density at radius 3 is 2.55 bits per heavy atom. The zero-order valence-corrected chi connectivity index (χ0v) is 12.9. The van der Waals surface area contributed by atoms with E-state index in [1.807, 2.05) is 0 Å². The number of ether oxygens (including phenoxy) is 1. The molecule has 1 fully saturated rings. The van der Waals surface area contributed by atoms with Crippen LogP contribution in [0.1, 0.15) is 27.2 Å². The van der Waals surface area contributed by atoms with E-state index in [0.29, 0.717) is 19.7 Å². The third-order valence-electron chi connectivity index (χ3n) is 4.09. The number of carbonyl (C=O) groups excluding carboxylic acids is 2. The lowest BCUT2D eigenvalue weighted by Crippen LogP contribution is -2.53. The Hall–Kier alpha value is -1.14. The van der Waals surface area contributed by atoms with Gasteiger partial charge in [0.25, 0.3) is 0 Å². The van der Waals surface area contributed by atoms with Crippen molar-refractivity contribution in [1.29, 1.82) is 0 Å². The summed E-state index contributed by atoms with van der Waals surface area (Å²) in [5.74, 6) is 0.0217. The predicted molar refractivity (Wildman–Crippen MR) is 77.2 cm³/mol. The Kier molecular flexibility index (Phi) is 6.42. The van der Waals surface area contributed by atoms with Crippen molar-refractivity contribution in [2.24, 2.45) is 11.3 Å². The smallest absolute Gasteiger partial charge is 0.242 e. The lowest BCUT2D eigenvalue weighted by Gasteiger charge is -2.32. The highest BCUT2D eigenvalue weighted by Crippen LogP contribution is 2.34. The molecular weight excluding hydrogens is 258 g/mol. The second-order valence-electron chi connectivity index (χ2n) is 5.72. The van der Waals surface area contributed by atoms with Crippen LogP contribution in [0.2, 0.25) is 0 Å². The molecule has 1 aliphatic heterocycles. The van der Waals surface area contributed by atoms with E-state index < -0.39 is 11.5 Å². The van der Waals surface area contributed by atoms with E-state index in [0.717, 1.165) is 13.0 Å². The Morgan fingerprint density at radius 1 is 1.35 bits per heavy atom. The summed E-state index contributed by atoms with van der Waals surface area (Å²) in [7, 11) is 1.58. The fourth-order valence-corrected chi connectivity index (χ4v) is 2.50. The van der Waals surface area contributed by atoms with Gasteiger partial charge in [-0.3, -0.25) is 9.59 Å². The van der Waals surface area contributed by atoms with Gasteiger partial charge in [0, 0.05) is 20.2 Å². The van der Waals surface area contributed by atoms with Crippen molar-refractivity contribution in [2.45, 2.75) is 33.2 Å². The molecule has 1 saturated heterocycles. The molecule has 0 spiro atoms. The first-order valence-corrected chi connectivity index (χ1v) is 7.22. The Labute approximate surface area is 121 Å². The number of rotatable bonds is 7. The second kappa shape index (κ2) is 7.59. The van der Waals surface area contributed by atoms with Gasteiger partial charge in [0.1, 0.15) is 6.04 Å². The van der Waals surface area contributed by atoms with Gasteiger partial charge in [-0.2, -0.15) is 0 Å². The highest BCUT2D eigenvalue weighted by molar-refractivity contribution is 5.90. The molecule has 1 rings (SSSR count). The van der Waals surface area contributed by atoms with Gasteiger partial charge in [0.2, 0.25) is 11.8 Å². The summed E-state index contributed by atoms with van der Waals surface area (Å²) in [6.07, 6.45) is 0.814. The van der Waals surface area contributed by atoms with Gasteiger partial charge in [-0.15, -0.1) is 0 Å². The molecule has 6 nitrogen and oxygen atoms in total. The van der Waals surface area contributed by atoms with Crippen LogP contribution in [0, 0.1) is 11.3 Å². The maximum Gasteiger partial charge on any atom is 0.242 e. The van der Waals surface area contributed by atoms with Crippen LogP contribution in [-0.4, -0.2) is 51.2 Å². The summed E-state index contributed by atoms with van der Waals surface area (Å²) in [4.78, 5) is 24.3. The molecule has 3 N–H and O–H groups in total. The molecular formula is C14H27N3O3. The Balaban J connectivity index is 2.53. The van der Waals surface area contributed by atoms with E-state index in [-0.39, 0.29) is 17.7 Å². The van der Waals surface area contributed by atoms with Gasteiger partial charge in [0.15, 0.2) is 0 Å². The van der Waals surface area contributed by atoms with Gasteiger partial charge < -0.3 is 20.7 Å². The van der Waals surface area contributed by atoms with Gasteiger partial charge >= 0.3 is 0 Å². The highest BCUT2D eigenvalue weighted by atomic mass is 16.5. The molecule has 0 radical (unpaired) electrons. The number of hydrogen-bond donors (Lipinski definition) is 3. The van der Waals surface area contributed by atoms with E-state index in [4.69, 9.17) is 4.74 Å². The number of hydrogen-bond acceptors (Lipinski definition) is 4. The molecule has 0 bridgehead atoms. The quantitative estimate of drug-likeness (QED) is 0.570. The van der Waals surface area contributed by atoms with Crippen molar-refractivity contribution in [2.75, 3.05) is 33.4 Å². The van der Waals surface area contributed by atoms with Crippen LogP contribution in [0.4, 0.5) is 0 Å². The summed E-state index contributed by atoms with van der Waals surface area (Å²) in [5.41, 5.74) is -0.402. The third kappa shape index (κ3) is 3.93. The molecule has 116 valence electrons. The average molecular weight is 285 g/mol. The molecule has 2 amide bonds. The van der Waals surface area contributed by atoms with E-state index in [2.05, 4.69) is 29.8 Å². The lowest BCUT2D eigenvalue weighted by molar-refractivity contribution is -0.136. The first-order chi connectivity index (χ1) is 9.44. The molecule has 0 aromatic carbocycles. The summed E-state index contributed by atoms with van der Waals surface area (Å²) in [6, 6.07) is -0.532. The zero-order valence-electron chi connectivity index (χ0n) is 12.9. The molecule has 2 unspecified atom stereocenters. The van der Waals surface area contributed by atoms with Crippen LogP contribution in [-0.2, 0) is 14.3 Å². The van der Waals surface area contributed by atoms with E-state index in [1.165, 1.54) is 0 Å². The first kappa shape index (κ1) is 16.9. The Bertz CT molecular complexity index is 339. The van der Waals surface area contributed by atoms with Crippen LogP contribution >= 0.6 is 0 Å². The standard InChI is InChI=1S/C14H27N3O3/c1-10(2)14(5-6-15-9-14)13(19)17-11(3)12(18)16-7-8-20-4/h10-11,15H,5-9H2,1-4H3,(H,16,18)(H,17,19). The average Bonchev–Trinajstić information content (AvgIpc) is 2.89. The van der Waals surface area contributed by atoms with Crippen molar-refractivity contribution in [3.63, 3.8) is 0 Å². The minimum atomic E-state index is -0.532. The number of amides is 2. The van der Waals surface area contributed by atoms with E-state index >= 15 is 0 Å². The molecule has 1 heterocycles. The molecule has 0 aromatic rings. The predicted octanol–water partition coefficient (Wildman–Crippen LogP) is -0.111. The second-order valence-corrected chi connectivity index (χ2v) is 5.72. The van der Waals surface area contributed by atoms with Crippen molar-refractivity contribution in [3.8, 4) is 0 Å². The fourth-order valence-electron chi connectivity index (χ4n) is 2.50.